The van der Waals surface area contributed by atoms with Crippen LogP contribution in [0.2, 0.25) is 0 Å². The van der Waals surface area contributed by atoms with Gasteiger partial charge in [0.25, 0.3) is 5.91 Å². The number of hydrogen-bond acceptors (Lipinski definition) is 4. The number of para-hydroxylation sites is 1. The second kappa shape index (κ2) is 8.76. The second-order valence-electron chi connectivity index (χ2n) is 8.46. The number of anilines is 1. The number of hydrogen-bond donors (Lipinski definition) is 1. The summed E-state index contributed by atoms with van der Waals surface area (Å²) in [7, 11) is 0. The molecule has 4 aromatic carbocycles. The van der Waals surface area contributed by atoms with Crippen molar-refractivity contribution >= 4 is 28.2 Å². The lowest BCUT2D eigenvalue weighted by Crippen LogP contribution is -2.41. The van der Waals surface area contributed by atoms with Gasteiger partial charge in [0.2, 0.25) is 0 Å². The number of amides is 1. The first-order valence-electron chi connectivity index (χ1n) is 11.4. The standard InChI is InChI=1S/C29H25NO4/c1-2-34-23-16-14-21(15-17-23)27(31)18-29(33)25-12-5-6-13-26(25)30(28(29)32)19-22-10-7-9-20-8-3-4-11-24(20)22/h3-17,33H,2,18-19H2,1H3. The number of carbonyl (C=O) groups excluding carboxylic acids is 2. The summed E-state index contributed by atoms with van der Waals surface area (Å²) >= 11 is 0. The first kappa shape index (κ1) is 21.9. The summed E-state index contributed by atoms with van der Waals surface area (Å²) in [4.78, 5) is 28.3. The topological polar surface area (TPSA) is 66.8 Å². The number of ether oxygens (including phenoxy) is 1. The number of rotatable bonds is 7. The summed E-state index contributed by atoms with van der Waals surface area (Å²) in [6, 6.07) is 27.9. The van der Waals surface area contributed by atoms with Gasteiger partial charge >= 0.3 is 0 Å². The molecule has 170 valence electrons. The molecule has 0 bridgehead atoms. The smallest absolute Gasteiger partial charge is 0.264 e. The minimum atomic E-state index is -1.92. The van der Waals surface area contributed by atoms with Crippen molar-refractivity contribution in [2.24, 2.45) is 0 Å². The van der Waals surface area contributed by atoms with Crippen LogP contribution in [0.25, 0.3) is 10.8 Å². The first-order valence-corrected chi connectivity index (χ1v) is 11.4. The van der Waals surface area contributed by atoms with Gasteiger partial charge in [0, 0.05) is 11.1 Å². The fourth-order valence-corrected chi connectivity index (χ4v) is 4.67. The van der Waals surface area contributed by atoms with Crippen LogP contribution in [-0.4, -0.2) is 23.4 Å². The molecule has 0 aliphatic carbocycles. The Hall–Kier alpha value is -3.96. The van der Waals surface area contributed by atoms with Crippen LogP contribution in [0.3, 0.4) is 0 Å². The quantitative estimate of drug-likeness (QED) is 0.390. The Balaban J connectivity index is 1.47. The van der Waals surface area contributed by atoms with E-state index in [1.54, 1.807) is 41.3 Å². The summed E-state index contributed by atoms with van der Waals surface area (Å²) in [5, 5.41) is 13.7. The van der Waals surface area contributed by atoms with E-state index in [1.165, 1.54) is 0 Å². The van der Waals surface area contributed by atoms with E-state index in [0.29, 0.717) is 35.7 Å². The molecule has 1 amide bonds. The fraction of sp³-hybridized carbons (Fsp3) is 0.172. The lowest BCUT2D eigenvalue weighted by molar-refractivity contribution is -0.136. The zero-order valence-corrected chi connectivity index (χ0v) is 18.9. The van der Waals surface area contributed by atoms with Crippen molar-refractivity contribution in [2.75, 3.05) is 11.5 Å². The van der Waals surface area contributed by atoms with Crippen molar-refractivity contribution in [1.82, 2.24) is 0 Å². The van der Waals surface area contributed by atoms with Crippen LogP contribution in [0.1, 0.15) is 34.8 Å². The highest BCUT2D eigenvalue weighted by Gasteiger charge is 2.50. The zero-order valence-electron chi connectivity index (χ0n) is 18.9. The van der Waals surface area contributed by atoms with Crippen LogP contribution in [-0.2, 0) is 16.9 Å². The fourth-order valence-electron chi connectivity index (χ4n) is 4.67. The van der Waals surface area contributed by atoms with Crippen LogP contribution in [0, 0.1) is 0 Å². The van der Waals surface area contributed by atoms with Crippen molar-refractivity contribution in [3.8, 4) is 5.75 Å². The largest absolute Gasteiger partial charge is 0.494 e. The molecule has 0 saturated heterocycles. The molecule has 5 rings (SSSR count). The van der Waals surface area contributed by atoms with Crippen molar-refractivity contribution < 1.29 is 19.4 Å². The molecule has 1 aliphatic heterocycles. The van der Waals surface area contributed by atoms with Crippen LogP contribution in [0.5, 0.6) is 5.75 Å². The lowest BCUT2D eigenvalue weighted by atomic mass is 9.88. The number of fused-ring (bicyclic) bond motifs is 2. The summed E-state index contributed by atoms with van der Waals surface area (Å²) in [6.45, 7) is 2.73. The average molecular weight is 452 g/mol. The molecule has 0 radical (unpaired) electrons. The van der Waals surface area contributed by atoms with Crippen LogP contribution >= 0.6 is 0 Å². The molecular weight excluding hydrogens is 426 g/mol. The van der Waals surface area contributed by atoms with Gasteiger partial charge in [-0.15, -0.1) is 0 Å². The van der Waals surface area contributed by atoms with Gasteiger partial charge < -0.3 is 14.7 Å². The maximum absolute atomic E-state index is 13.6. The third kappa shape index (κ3) is 3.74. The summed E-state index contributed by atoms with van der Waals surface area (Å²) in [6.07, 6.45) is -0.330. The number of Topliss-reactive ketones (excluding diaryl/α,β-unsaturated/α-hetero) is 1. The molecule has 5 nitrogen and oxygen atoms in total. The molecule has 5 heteroatoms. The normalized spacial score (nSPS) is 17.1. The Kier molecular flexibility index (Phi) is 5.64. The third-order valence-electron chi connectivity index (χ3n) is 6.35. The zero-order chi connectivity index (χ0) is 23.7. The summed E-state index contributed by atoms with van der Waals surface area (Å²) in [5.41, 5.74) is 0.566. The molecule has 1 unspecified atom stereocenters. The summed E-state index contributed by atoms with van der Waals surface area (Å²) in [5.74, 6) is -0.122. The first-order chi connectivity index (χ1) is 16.5. The maximum atomic E-state index is 13.6. The molecule has 1 N–H and O–H groups in total. The predicted molar refractivity (Wildman–Crippen MR) is 132 cm³/mol. The Morgan fingerprint density at radius 2 is 1.62 bits per heavy atom. The maximum Gasteiger partial charge on any atom is 0.264 e. The minimum absolute atomic E-state index is 0.302. The van der Waals surface area contributed by atoms with Crippen molar-refractivity contribution in [3.63, 3.8) is 0 Å². The van der Waals surface area contributed by atoms with Gasteiger partial charge in [-0.05, 0) is 53.6 Å². The number of aliphatic hydroxyl groups is 1. The van der Waals surface area contributed by atoms with E-state index in [-0.39, 0.29) is 12.2 Å². The SMILES string of the molecule is CCOc1ccc(C(=O)CC2(O)C(=O)N(Cc3cccc4ccccc34)c3ccccc32)cc1. The molecule has 1 heterocycles. The number of benzene rings is 4. The molecule has 1 atom stereocenters. The highest BCUT2D eigenvalue weighted by Crippen LogP contribution is 2.44. The van der Waals surface area contributed by atoms with E-state index in [9.17, 15) is 14.7 Å². The molecule has 0 spiro atoms. The minimum Gasteiger partial charge on any atom is -0.494 e. The lowest BCUT2D eigenvalue weighted by Gasteiger charge is -2.23. The van der Waals surface area contributed by atoms with E-state index in [2.05, 4.69) is 0 Å². The number of nitrogens with zero attached hydrogens (tertiary/aromatic N) is 1. The Morgan fingerprint density at radius 1 is 0.912 bits per heavy atom. The molecular formula is C29H25NO4. The molecule has 0 fully saturated rings. The van der Waals surface area contributed by atoms with E-state index >= 15 is 0 Å². The van der Waals surface area contributed by atoms with E-state index in [1.807, 2.05) is 61.5 Å². The Bertz CT molecular complexity index is 1370. The second-order valence-corrected chi connectivity index (χ2v) is 8.46. The van der Waals surface area contributed by atoms with Gasteiger partial charge in [-0.25, -0.2) is 0 Å². The third-order valence-corrected chi connectivity index (χ3v) is 6.35. The van der Waals surface area contributed by atoms with Crippen molar-refractivity contribution in [2.45, 2.75) is 25.5 Å². The van der Waals surface area contributed by atoms with E-state index < -0.39 is 11.5 Å². The average Bonchev–Trinajstić information content (AvgIpc) is 3.07. The molecule has 34 heavy (non-hydrogen) atoms. The van der Waals surface area contributed by atoms with Crippen LogP contribution in [0.15, 0.2) is 91.0 Å². The van der Waals surface area contributed by atoms with E-state index in [4.69, 9.17) is 4.74 Å². The molecule has 0 saturated carbocycles. The van der Waals surface area contributed by atoms with Crippen molar-refractivity contribution in [1.29, 1.82) is 0 Å². The Morgan fingerprint density at radius 3 is 2.41 bits per heavy atom. The van der Waals surface area contributed by atoms with E-state index in [0.717, 1.165) is 16.3 Å². The van der Waals surface area contributed by atoms with Crippen LogP contribution < -0.4 is 9.64 Å². The highest BCUT2D eigenvalue weighted by atomic mass is 16.5. The van der Waals surface area contributed by atoms with Gasteiger partial charge in [-0.1, -0.05) is 60.7 Å². The molecule has 4 aromatic rings. The van der Waals surface area contributed by atoms with Crippen LogP contribution in [0.4, 0.5) is 5.69 Å². The summed E-state index contributed by atoms with van der Waals surface area (Å²) < 4.78 is 5.44. The predicted octanol–water partition coefficient (Wildman–Crippen LogP) is 5.25. The molecule has 0 aromatic heterocycles. The number of carbonyl (C=O) groups is 2. The van der Waals surface area contributed by atoms with Gasteiger partial charge in [0.05, 0.1) is 25.3 Å². The Labute approximate surface area is 198 Å². The molecule has 1 aliphatic rings. The van der Waals surface area contributed by atoms with Gasteiger partial charge in [-0.3, -0.25) is 9.59 Å². The number of ketones is 1. The van der Waals surface area contributed by atoms with Gasteiger partial charge in [0.1, 0.15) is 5.75 Å². The highest BCUT2D eigenvalue weighted by molar-refractivity contribution is 6.11. The van der Waals surface area contributed by atoms with Gasteiger partial charge in [0.15, 0.2) is 11.4 Å². The van der Waals surface area contributed by atoms with Gasteiger partial charge in [-0.2, -0.15) is 0 Å². The monoisotopic (exact) mass is 451 g/mol. The van der Waals surface area contributed by atoms with Crippen molar-refractivity contribution in [3.05, 3.63) is 108 Å².